The highest BCUT2D eigenvalue weighted by molar-refractivity contribution is 5.95. The van der Waals surface area contributed by atoms with Gasteiger partial charge in [0.15, 0.2) is 0 Å². The summed E-state index contributed by atoms with van der Waals surface area (Å²) >= 11 is 0. The molecule has 1 heterocycles. The summed E-state index contributed by atoms with van der Waals surface area (Å²) in [7, 11) is 0. The number of nitrogens with zero attached hydrogens (tertiary/aromatic N) is 1. The highest BCUT2D eigenvalue weighted by Gasteiger charge is 2.23. The third-order valence-electron chi connectivity index (χ3n) is 4.76. The number of nitrogens with one attached hydrogen (secondary N) is 1. The van der Waals surface area contributed by atoms with Gasteiger partial charge in [0, 0.05) is 25.2 Å². The van der Waals surface area contributed by atoms with Crippen molar-refractivity contribution < 1.29 is 9.53 Å². The molecule has 0 saturated carbocycles. The number of rotatable bonds is 5. The van der Waals surface area contributed by atoms with Crippen LogP contribution in [-0.4, -0.2) is 43.7 Å². The Labute approximate surface area is 149 Å². The highest BCUT2D eigenvalue weighted by atomic mass is 16.5. The van der Waals surface area contributed by atoms with Crippen LogP contribution in [0.5, 0.6) is 0 Å². The lowest BCUT2D eigenvalue weighted by Gasteiger charge is -2.35. The fourth-order valence-corrected chi connectivity index (χ4v) is 3.29. The van der Waals surface area contributed by atoms with Gasteiger partial charge in [-0.05, 0) is 31.0 Å². The van der Waals surface area contributed by atoms with E-state index in [1.54, 1.807) is 0 Å². The summed E-state index contributed by atoms with van der Waals surface area (Å²) in [4.78, 5) is 15.1. The Morgan fingerprint density at radius 2 is 1.84 bits per heavy atom. The standard InChI is InChI=1S/C21H26N2O2/c1-16-8-9-17(2)19(14-16)21(24)22-15-20(18-6-4-3-5-7-18)23-10-12-25-13-11-23/h3-9,14,20H,10-13,15H2,1-2H3,(H,22,24). The minimum absolute atomic E-state index is 0.00427. The van der Waals surface area contributed by atoms with Crippen molar-refractivity contribution in [1.82, 2.24) is 10.2 Å². The molecule has 25 heavy (non-hydrogen) atoms. The zero-order valence-electron chi connectivity index (χ0n) is 15.0. The first-order valence-electron chi connectivity index (χ1n) is 8.87. The van der Waals surface area contributed by atoms with Crippen LogP contribution in [-0.2, 0) is 4.74 Å². The van der Waals surface area contributed by atoms with E-state index in [0.717, 1.165) is 43.0 Å². The number of amides is 1. The maximum Gasteiger partial charge on any atom is 0.251 e. The lowest BCUT2D eigenvalue weighted by Crippen LogP contribution is -2.43. The van der Waals surface area contributed by atoms with Gasteiger partial charge < -0.3 is 10.1 Å². The van der Waals surface area contributed by atoms with Gasteiger partial charge >= 0.3 is 0 Å². The van der Waals surface area contributed by atoms with E-state index < -0.39 is 0 Å². The number of carbonyl (C=O) groups is 1. The highest BCUT2D eigenvalue weighted by Crippen LogP contribution is 2.21. The van der Waals surface area contributed by atoms with E-state index in [2.05, 4.69) is 34.5 Å². The zero-order chi connectivity index (χ0) is 17.6. The Morgan fingerprint density at radius 3 is 2.56 bits per heavy atom. The lowest BCUT2D eigenvalue weighted by atomic mass is 10.0. The Bertz CT molecular complexity index is 709. The monoisotopic (exact) mass is 338 g/mol. The summed E-state index contributed by atoms with van der Waals surface area (Å²) in [6.07, 6.45) is 0. The number of benzene rings is 2. The smallest absolute Gasteiger partial charge is 0.251 e. The van der Waals surface area contributed by atoms with Crippen LogP contribution >= 0.6 is 0 Å². The van der Waals surface area contributed by atoms with Crippen molar-refractivity contribution in [3.8, 4) is 0 Å². The minimum Gasteiger partial charge on any atom is -0.379 e. The molecule has 2 aromatic rings. The van der Waals surface area contributed by atoms with Crippen LogP contribution in [0.2, 0.25) is 0 Å². The van der Waals surface area contributed by atoms with E-state index >= 15 is 0 Å². The van der Waals surface area contributed by atoms with E-state index in [-0.39, 0.29) is 11.9 Å². The molecule has 1 aliphatic heterocycles. The zero-order valence-corrected chi connectivity index (χ0v) is 15.0. The summed E-state index contributed by atoms with van der Waals surface area (Å²) in [5, 5.41) is 3.14. The first-order chi connectivity index (χ1) is 12.1. The van der Waals surface area contributed by atoms with Gasteiger partial charge in [0.1, 0.15) is 0 Å². The first kappa shape index (κ1) is 17.6. The third kappa shape index (κ3) is 4.47. The largest absolute Gasteiger partial charge is 0.379 e. The molecule has 1 aliphatic rings. The summed E-state index contributed by atoms with van der Waals surface area (Å²) in [6, 6.07) is 16.5. The second-order valence-electron chi connectivity index (χ2n) is 6.60. The van der Waals surface area contributed by atoms with E-state index in [9.17, 15) is 4.79 Å². The van der Waals surface area contributed by atoms with Gasteiger partial charge in [-0.3, -0.25) is 9.69 Å². The fraction of sp³-hybridized carbons (Fsp3) is 0.381. The van der Waals surface area contributed by atoms with Gasteiger partial charge in [-0.25, -0.2) is 0 Å². The predicted octanol–water partition coefficient (Wildman–Crippen LogP) is 3.11. The average Bonchev–Trinajstić information content (AvgIpc) is 2.65. The Kier molecular flexibility index (Phi) is 5.84. The molecule has 3 rings (SSSR count). The summed E-state index contributed by atoms with van der Waals surface area (Å²) < 4.78 is 5.48. The molecule has 1 atom stereocenters. The van der Waals surface area contributed by atoms with Gasteiger partial charge in [-0.2, -0.15) is 0 Å². The summed E-state index contributed by atoms with van der Waals surface area (Å²) in [5.74, 6) is -0.00427. The topological polar surface area (TPSA) is 41.6 Å². The molecule has 0 aromatic heterocycles. The third-order valence-corrected chi connectivity index (χ3v) is 4.76. The SMILES string of the molecule is Cc1ccc(C)c(C(=O)NCC(c2ccccc2)N2CCOCC2)c1. The molecule has 4 heteroatoms. The summed E-state index contributed by atoms with van der Waals surface area (Å²) in [5.41, 5.74) is 4.09. The number of morpholine rings is 1. The van der Waals surface area contributed by atoms with Crippen molar-refractivity contribution >= 4 is 5.91 Å². The van der Waals surface area contributed by atoms with E-state index in [1.807, 2.05) is 38.1 Å². The van der Waals surface area contributed by atoms with Gasteiger partial charge in [0.2, 0.25) is 0 Å². The van der Waals surface area contributed by atoms with Crippen molar-refractivity contribution in [3.05, 3.63) is 70.8 Å². The van der Waals surface area contributed by atoms with Gasteiger partial charge in [-0.1, -0.05) is 48.0 Å². The van der Waals surface area contributed by atoms with Crippen LogP contribution in [0, 0.1) is 13.8 Å². The van der Waals surface area contributed by atoms with E-state index in [4.69, 9.17) is 4.74 Å². The molecule has 0 spiro atoms. The fourth-order valence-electron chi connectivity index (χ4n) is 3.29. The molecule has 0 radical (unpaired) electrons. The van der Waals surface area contributed by atoms with Gasteiger partial charge in [-0.15, -0.1) is 0 Å². The Morgan fingerprint density at radius 1 is 1.12 bits per heavy atom. The molecular formula is C21H26N2O2. The quantitative estimate of drug-likeness (QED) is 0.911. The molecule has 1 fully saturated rings. The van der Waals surface area contributed by atoms with Crippen LogP contribution in [0.3, 0.4) is 0 Å². The molecule has 1 N–H and O–H groups in total. The molecule has 1 saturated heterocycles. The molecular weight excluding hydrogens is 312 g/mol. The predicted molar refractivity (Wildman–Crippen MR) is 99.8 cm³/mol. The number of aryl methyl sites for hydroxylation is 2. The average molecular weight is 338 g/mol. The maximum atomic E-state index is 12.7. The van der Waals surface area contributed by atoms with Crippen LogP contribution in [0.4, 0.5) is 0 Å². The molecule has 0 bridgehead atoms. The Hall–Kier alpha value is -2.17. The van der Waals surface area contributed by atoms with Crippen LogP contribution in [0.25, 0.3) is 0 Å². The molecule has 1 unspecified atom stereocenters. The molecule has 4 nitrogen and oxygen atoms in total. The van der Waals surface area contributed by atoms with Gasteiger partial charge in [0.25, 0.3) is 5.91 Å². The van der Waals surface area contributed by atoms with Crippen molar-refractivity contribution in [1.29, 1.82) is 0 Å². The number of hydrogen-bond acceptors (Lipinski definition) is 3. The van der Waals surface area contributed by atoms with E-state index in [0.29, 0.717) is 6.54 Å². The maximum absolute atomic E-state index is 12.7. The Balaban J connectivity index is 1.74. The van der Waals surface area contributed by atoms with Crippen molar-refractivity contribution in [2.24, 2.45) is 0 Å². The molecule has 2 aromatic carbocycles. The second-order valence-corrected chi connectivity index (χ2v) is 6.60. The van der Waals surface area contributed by atoms with Crippen molar-refractivity contribution in [2.75, 3.05) is 32.8 Å². The minimum atomic E-state index is -0.00427. The van der Waals surface area contributed by atoms with Crippen LogP contribution < -0.4 is 5.32 Å². The molecule has 0 aliphatic carbocycles. The normalized spacial score (nSPS) is 16.4. The number of carbonyl (C=O) groups excluding carboxylic acids is 1. The molecule has 1 amide bonds. The van der Waals surface area contributed by atoms with Crippen molar-refractivity contribution in [3.63, 3.8) is 0 Å². The number of hydrogen-bond donors (Lipinski definition) is 1. The van der Waals surface area contributed by atoms with E-state index in [1.165, 1.54) is 5.56 Å². The first-order valence-corrected chi connectivity index (χ1v) is 8.87. The molecule has 132 valence electrons. The second kappa shape index (κ2) is 8.28. The lowest BCUT2D eigenvalue weighted by molar-refractivity contribution is 0.0162. The summed E-state index contributed by atoms with van der Waals surface area (Å²) in [6.45, 7) is 7.85. The van der Waals surface area contributed by atoms with Crippen LogP contribution in [0.1, 0.15) is 33.1 Å². The van der Waals surface area contributed by atoms with Crippen LogP contribution in [0.15, 0.2) is 48.5 Å². The number of ether oxygens (including phenoxy) is 1. The van der Waals surface area contributed by atoms with Gasteiger partial charge in [0.05, 0.1) is 19.3 Å². The van der Waals surface area contributed by atoms with Crippen molar-refractivity contribution in [2.45, 2.75) is 19.9 Å².